The topological polar surface area (TPSA) is 12.4 Å². The summed E-state index contributed by atoms with van der Waals surface area (Å²) in [5, 5.41) is 0. The van der Waals surface area contributed by atoms with Crippen LogP contribution in [0, 0.1) is 23.7 Å². The third-order valence-electron chi connectivity index (χ3n) is 5.39. The molecule has 14 heavy (non-hydrogen) atoms. The molecular formula is C13H21N. The van der Waals surface area contributed by atoms with Gasteiger partial charge in [0.15, 0.2) is 0 Å². The molecule has 5 unspecified atom stereocenters. The number of nitrogens with zero attached hydrogens (tertiary/aromatic N) is 1. The standard InChI is InChI=1S/C13H21N/c1-13(14-2)8-9-7-12(13)11-6-4-3-5-10(9)11/h9-12H,2-8H2,1H3. The van der Waals surface area contributed by atoms with Crippen LogP contribution in [0.1, 0.15) is 45.4 Å². The molecule has 3 saturated carbocycles. The van der Waals surface area contributed by atoms with Crippen molar-refractivity contribution in [2.45, 2.75) is 51.0 Å². The highest BCUT2D eigenvalue weighted by Gasteiger charge is 2.57. The number of aliphatic imine (C=N–C) groups is 1. The molecule has 3 rings (SSSR count). The Kier molecular flexibility index (Phi) is 1.81. The Balaban J connectivity index is 1.88. The molecule has 1 heteroatoms. The van der Waals surface area contributed by atoms with Crippen LogP contribution in [0.2, 0.25) is 0 Å². The van der Waals surface area contributed by atoms with Crippen molar-refractivity contribution in [3.8, 4) is 0 Å². The monoisotopic (exact) mass is 191 g/mol. The van der Waals surface area contributed by atoms with Crippen molar-refractivity contribution >= 4 is 6.72 Å². The van der Waals surface area contributed by atoms with Crippen molar-refractivity contribution in [3.05, 3.63) is 0 Å². The molecule has 0 aromatic carbocycles. The van der Waals surface area contributed by atoms with Gasteiger partial charge in [0, 0.05) is 0 Å². The molecule has 0 amide bonds. The van der Waals surface area contributed by atoms with Crippen molar-refractivity contribution in [1.82, 2.24) is 0 Å². The van der Waals surface area contributed by atoms with E-state index in [1.807, 2.05) is 0 Å². The van der Waals surface area contributed by atoms with Crippen molar-refractivity contribution in [1.29, 1.82) is 0 Å². The van der Waals surface area contributed by atoms with Crippen LogP contribution in [0.3, 0.4) is 0 Å². The highest BCUT2D eigenvalue weighted by atomic mass is 14.9. The molecule has 0 aromatic heterocycles. The number of hydrogen-bond donors (Lipinski definition) is 0. The first-order chi connectivity index (χ1) is 6.74. The summed E-state index contributed by atoms with van der Waals surface area (Å²) in [6, 6.07) is 0. The van der Waals surface area contributed by atoms with Crippen LogP contribution in [0.15, 0.2) is 4.99 Å². The Morgan fingerprint density at radius 1 is 1.21 bits per heavy atom. The second-order valence-corrected chi connectivity index (χ2v) is 5.93. The highest BCUT2D eigenvalue weighted by molar-refractivity contribution is 5.28. The fourth-order valence-corrected chi connectivity index (χ4v) is 4.76. The van der Waals surface area contributed by atoms with Gasteiger partial charge in [-0.2, -0.15) is 0 Å². The molecule has 0 heterocycles. The van der Waals surface area contributed by atoms with E-state index in [1.165, 1.54) is 38.5 Å². The molecule has 0 saturated heterocycles. The van der Waals surface area contributed by atoms with Gasteiger partial charge < -0.3 is 0 Å². The minimum absolute atomic E-state index is 0.253. The summed E-state index contributed by atoms with van der Waals surface area (Å²) in [6.45, 7) is 6.16. The lowest BCUT2D eigenvalue weighted by atomic mass is 9.65. The minimum atomic E-state index is 0.253. The van der Waals surface area contributed by atoms with Crippen LogP contribution in [0.25, 0.3) is 0 Å². The average Bonchev–Trinajstić information content (AvgIpc) is 2.74. The maximum Gasteiger partial charge on any atom is 0.0606 e. The fourth-order valence-electron chi connectivity index (χ4n) is 4.76. The van der Waals surface area contributed by atoms with Crippen LogP contribution in [-0.2, 0) is 0 Å². The van der Waals surface area contributed by atoms with Gasteiger partial charge in [-0.15, -0.1) is 0 Å². The van der Waals surface area contributed by atoms with Crippen molar-refractivity contribution < 1.29 is 0 Å². The molecule has 0 radical (unpaired) electrons. The number of hydrogen-bond acceptors (Lipinski definition) is 1. The predicted octanol–water partition coefficient (Wildman–Crippen LogP) is 3.29. The molecule has 0 N–H and O–H groups in total. The van der Waals surface area contributed by atoms with Crippen LogP contribution in [0.4, 0.5) is 0 Å². The van der Waals surface area contributed by atoms with E-state index in [4.69, 9.17) is 0 Å². The highest BCUT2D eigenvalue weighted by Crippen LogP contribution is 2.62. The summed E-state index contributed by atoms with van der Waals surface area (Å²) in [6.07, 6.45) is 8.75. The molecular weight excluding hydrogens is 170 g/mol. The number of fused-ring (bicyclic) bond motifs is 5. The van der Waals surface area contributed by atoms with Gasteiger partial charge in [0.05, 0.1) is 5.54 Å². The van der Waals surface area contributed by atoms with Gasteiger partial charge in [-0.05, 0) is 63.0 Å². The third kappa shape index (κ3) is 0.988. The van der Waals surface area contributed by atoms with Crippen LogP contribution < -0.4 is 0 Å². The lowest BCUT2D eigenvalue weighted by molar-refractivity contribution is 0.106. The maximum absolute atomic E-state index is 4.44. The smallest absolute Gasteiger partial charge is 0.0606 e. The Hall–Kier alpha value is -0.330. The molecule has 3 fully saturated rings. The van der Waals surface area contributed by atoms with E-state index in [0.29, 0.717) is 0 Å². The predicted molar refractivity (Wildman–Crippen MR) is 59.6 cm³/mol. The van der Waals surface area contributed by atoms with E-state index in [1.54, 1.807) is 0 Å². The first-order valence-corrected chi connectivity index (χ1v) is 6.22. The SMILES string of the molecule is C=NC1(C)CC2CC1C1CCCCC21. The zero-order chi connectivity index (χ0) is 9.76. The van der Waals surface area contributed by atoms with E-state index in [2.05, 4.69) is 18.6 Å². The third-order valence-corrected chi connectivity index (χ3v) is 5.39. The van der Waals surface area contributed by atoms with Gasteiger partial charge in [0.25, 0.3) is 0 Å². The quantitative estimate of drug-likeness (QED) is 0.564. The Morgan fingerprint density at radius 2 is 1.93 bits per heavy atom. The first kappa shape index (κ1) is 8.94. The van der Waals surface area contributed by atoms with Gasteiger partial charge in [-0.25, -0.2) is 0 Å². The zero-order valence-corrected chi connectivity index (χ0v) is 9.21. The minimum Gasteiger partial charge on any atom is -0.294 e. The Labute approximate surface area is 87.0 Å². The van der Waals surface area contributed by atoms with Crippen LogP contribution >= 0.6 is 0 Å². The summed E-state index contributed by atoms with van der Waals surface area (Å²) in [4.78, 5) is 4.44. The fraction of sp³-hybridized carbons (Fsp3) is 0.923. The van der Waals surface area contributed by atoms with E-state index in [-0.39, 0.29) is 5.54 Å². The second-order valence-electron chi connectivity index (χ2n) is 5.93. The van der Waals surface area contributed by atoms with E-state index in [9.17, 15) is 0 Å². The lowest BCUT2D eigenvalue weighted by Gasteiger charge is -2.42. The van der Waals surface area contributed by atoms with E-state index in [0.717, 1.165) is 23.7 Å². The summed E-state index contributed by atoms with van der Waals surface area (Å²) < 4.78 is 0. The normalized spacial score (nSPS) is 55.8. The summed E-state index contributed by atoms with van der Waals surface area (Å²) in [5.74, 6) is 3.97. The molecule has 0 aliphatic heterocycles. The van der Waals surface area contributed by atoms with Crippen LogP contribution in [-0.4, -0.2) is 12.3 Å². The average molecular weight is 191 g/mol. The van der Waals surface area contributed by atoms with Gasteiger partial charge >= 0.3 is 0 Å². The largest absolute Gasteiger partial charge is 0.294 e. The molecule has 2 bridgehead atoms. The molecule has 1 nitrogen and oxygen atoms in total. The van der Waals surface area contributed by atoms with Gasteiger partial charge in [-0.3, -0.25) is 4.99 Å². The molecule has 3 aliphatic carbocycles. The zero-order valence-electron chi connectivity index (χ0n) is 9.21. The maximum atomic E-state index is 4.44. The summed E-state index contributed by atoms with van der Waals surface area (Å²) in [7, 11) is 0. The lowest BCUT2D eigenvalue weighted by Crippen LogP contribution is -2.40. The summed E-state index contributed by atoms with van der Waals surface area (Å²) >= 11 is 0. The Bertz CT molecular complexity index is 260. The molecule has 0 aromatic rings. The molecule has 5 atom stereocenters. The molecule has 78 valence electrons. The van der Waals surface area contributed by atoms with Crippen molar-refractivity contribution in [3.63, 3.8) is 0 Å². The first-order valence-electron chi connectivity index (χ1n) is 6.22. The second kappa shape index (κ2) is 2.84. The van der Waals surface area contributed by atoms with Gasteiger partial charge in [-0.1, -0.05) is 12.8 Å². The van der Waals surface area contributed by atoms with Gasteiger partial charge in [0.2, 0.25) is 0 Å². The van der Waals surface area contributed by atoms with Gasteiger partial charge in [0.1, 0.15) is 0 Å². The number of rotatable bonds is 1. The summed E-state index contributed by atoms with van der Waals surface area (Å²) in [5.41, 5.74) is 0.253. The van der Waals surface area contributed by atoms with Crippen molar-refractivity contribution in [2.75, 3.05) is 0 Å². The molecule has 3 aliphatic rings. The van der Waals surface area contributed by atoms with Crippen molar-refractivity contribution in [2.24, 2.45) is 28.7 Å². The van der Waals surface area contributed by atoms with E-state index < -0.39 is 0 Å². The van der Waals surface area contributed by atoms with E-state index >= 15 is 0 Å². The van der Waals surface area contributed by atoms with Crippen LogP contribution in [0.5, 0.6) is 0 Å². The molecule has 0 spiro atoms. The Morgan fingerprint density at radius 3 is 2.64 bits per heavy atom.